The summed E-state index contributed by atoms with van der Waals surface area (Å²) in [6, 6.07) is 11.5. The molecule has 0 saturated carbocycles. The minimum atomic E-state index is -0.224. The van der Waals surface area contributed by atoms with Gasteiger partial charge in [-0.15, -0.1) is 0 Å². The molecule has 118 valence electrons. The predicted octanol–water partition coefficient (Wildman–Crippen LogP) is 3.13. The highest BCUT2D eigenvalue weighted by atomic mass is 16.5. The van der Waals surface area contributed by atoms with E-state index < -0.39 is 0 Å². The molecular weight excluding hydrogens is 294 g/mol. The summed E-state index contributed by atoms with van der Waals surface area (Å²) in [4.78, 5) is 12.3. The molecule has 1 amide bonds. The molecule has 2 heterocycles. The lowest BCUT2D eigenvalue weighted by Crippen LogP contribution is -2.23. The Morgan fingerprint density at radius 3 is 2.70 bits per heavy atom. The maximum Gasteiger partial charge on any atom is 0.257 e. The largest absolute Gasteiger partial charge is 0.361 e. The number of nitrogens with zero attached hydrogens (tertiary/aromatic N) is 2. The van der Waals surface area contributed by atoms with E-state index in [1.165, 1.54) is 0 Å². The van der Waals surface area contributed by atoms with Crippen LogP contribution in [-0.4, -0.2) is 16.2 Å². The third-order valence-corrected chi connectivity index (χ3v) is 3.55. The molecule has 2 aromatic heterocycles. The summed E-state index contributed by atoms with van der Waals surface area (Å²) in [5.41, 5.74) is 2.86. The molecule has 0 aliphatic rings. The Labute approximate surface area is 133 Å². The lowest BCUT2D eigenvalue weighted by molar-refractivity contribution is 0.0944. The van der Waals surface area contributed by atoms with Gasteiger partial charge in [0.05, 0.1) is 12.2 Å². The number of carbonyl (C=O) groups is 1. The molecule has 3 aromatic rings. The first kappa shape index (κ1) is 15.0. The Balaban J connectivity index is 1.68. The van der Waals surface area contributed by atoms with Gasteiger partial charge in [-0.1, -0.05) is 47.6 Å². The molecule has 0 spiro atoms. The molecule has 6 nitrogen and oxygen atoms in total. The maximum absolute atomic E-state index is 12.3. The van der Waals surface area contributed by atoms with Crippen LogP contribution in [-0.2, 0) is 13.0 Å². The van der Waals surface area contributed by atoms with Crippen LogP contribution in [0, 0.1) is 6.92 Å². The molecule has 1 aromatic carbocycles. The van der Waals surface area contributed by atoms with Crippen molar-refractivity contribution in [1.82, 2.24) is 15.6 Å². The van der Waals surface area contributed by atoms with Gasteiger partial charge in [-0.25, -0.2) is 0 Å². The summed E-state index contributed by atoms with van der Waals surface area (Å²) in [6.07, 6.45) is 0.639. The zero-order valence-electron chi connectivity index (χ0n) is 13.0. The second-order valence-electron chi connectivity index (χ2n) is 5.14. The summed E-state index contributed by atoms with van der Waals surface area (Å²) >= 11 is 0. The molecule has 0 fully saturated rings. The average molecular weight is 311 g/mol. The molecule has 23 heavy (non-hydrogen) atoms. The van der Waals surface area contributed by atoms with Crippen LogP contribution < -0.4 is 5.32 Å². The van der Waals surface area contributed by atoms with E-state index in [1.807, 2.05) is 43.3 Å². The van der Waals surface area contributed by atoms with E-state index in [4.69, 9.17) is 9.05 Å². The average Bonchev–Trinajstić information content (AvgIpc) is 3.20. The van der Waals surface area contributed by atoms with Gasteiger partial charge in [0, 0.05) is 11.6 Å². The van der Waals surface area contributed by atoms with Crippen LogP contribution in [0.4, 0.5) is 0 Å². The van der Waals surface area contributed by atoms with Crippen LogP contribution in [0.15, 0.2) is 45.4 Å². The Morgan fingerprint density at radius 1 is 1.17 bits per heavy atom. The smallest absolute Gasteiger partial charge is 0.257 e. The van der Waals surface area contributed by atoms with Crippen molar-refractivity contribution in [3.63, 3.8) is 0 Å². The SMILES string of the molecule is CCc1noc(C)c1C(=O)NCc1cc(-c2ccccc2)no1. The number of amides is 1. The van der Waals surface area contributed by atoms with Crippen molar-refractivity contribution in [2.24, 2.45) is 0 Å². The van der Waals surface area contributed by atoms with E-state index in [2.05, 4.69) is 15.6 Å². The van der Waals surface area contributed by atoms with Crippen molar-refractivity contribution in [1.29, 1.82) is 0 Å². The molecular formula is C17H17N3O3. The van der Waals surface area contributed by atoms with Crippen LogP contribution in [0.1, 0.15) is 34.5 Å². The van der Waals surface area contributed by atoms with Crippen LogP contribution >= 0.6 is 0 Å². The van der Waals surface area contributed by atoms with Crippen molar-refractivity contribution in [2.75, 3.05) is 0 Å². The van der Waals surface area contributed by atoms with Crippen molar-refractivity contribution >= 4 is 5.91 Å². The number of aryl methyl sites for hydroxylation is 2. The first-order valence-corrected chi connectivity index (χ1v) is 7.43. The van der Waals surface area contributed by atoms with E-state index in [1.54, 1.807) is 6.92 Å². The van der Waals surface area contributed by atoms with Crippen LogP contribution in [0.3, 0.4) is 0 Å². The molecule has 3 rings (SSSR count). The fourth-order valence-electron chi connectivity index (χ4n) is 2.35. The third kappa shape index (κ3) is 3.15. The molecule has 1 N–H and O–H groups in total. The summed E-state index contributed by atoms with van der Waals surface area (Å²) in [5.74, 6) is 0.879. The van der Waals surface area contributed by atoms with E-state index in [9.17, 15) is 4.79 Å². The first-order chi connectivity index (χ1) is 11.2. The summed E-state index contributed by atoms with van der Waals surface area (Å²) in [6.45, 7) is 3.91. The molecule has 0 bridgehead atoms. The number of carbonyl (C=O) groups excluding carboxylic acids is 1. The number of aromatic nitrogens is 2. The van der Waals surface area contributed by atoms with Crippen LogP contribution in [0.2, 0.25) is 0 Å². The lowest BCUT2D eigenvalue weighted by atomic mass is 10.1. The monoisotopic (exact) mass is 311 g/mol. The van der Waals surface area contributed by atoms with Gasteiger partial charge in [-0.3, -0.25) is 4.79 Å². The van der Waals surface area contributed by atoms with Gasteiger partial charge >= 0.3 is 0 Å². The normalized spacial score (nSPS) is 10.7. The lowest BCUT2D eigenvalue weighted by Gasteiger charge is -2.02. The first-order valence-electron chi connectivity index (χ1n) is 7.43. The maximum atomic E-state index is 12.3. The zero-order chi connectivity index (χ0) is 16.2. The molecule has 0 aliphatic carbocycles. The fourth-order valence-corrected chi connectivity index (χ4v) is 2.35. The molecule has 0 saturated heterocycles. The highest BCUT2D eigenvalue weighted by Gasteiger charge is 2.19. The second kappa shape index (κ2) is 6.48. The fraction of sp³-hybridized carbons (Fsp3) is 0.235. The Morgan fingerprint density at radius 2 is 1.96 bits per heavy atom. The molecule has 0 aliphatic heterocycles. The Bertz CT molecular complexity index is 806. The van der Waals surface area contributed by atoms with Crippen LogP contribution in [0.5, 0.6) is 0 Å². The van der Waals surface area contributed by atoms with Crippen molar-refractivity contribution in [3.8, 4) is 11.3 Å². The Kier molecular flexibility index (Phi) is 4.23. The van der Waals surface area contributed by atoms with Gasteiger partial charge in [0.25, 0.3) is 5.91 Å². The molecule has 0 unspecified atom stereocenters. The summed E-state index contributed by atoms with van der Waals surface area (Å²) < 4.78 is 10.3. The molecule has 6 heteroatoms. The van der Waals surface area contributed by atoms with Crippen LogP contribution in [0.25, 0.3) is 11.3 Å². The quantitative estimate of drug-likeness (QED) is 0.783. The van der Waals surface area contributed by atoms with Gasteiger partial charge in [-0.05, 0) is 13.3 Å². The zero-order valence-corrected chi connectivity index (χ0v) is 13.0. The van der Waals surface area contributed by atoms with Crippen molar-refractivity contribution < 1.29 is 13.8 Å². The molecule has 0 atom stereocenters. The van der Waals surface area contributed by atoms with Crippen molar-refractivity contribution in [2.45, 2.75) is 26.8 Å². The van der Waals surface area contributed by atoms with E-state index in [0.29, 0.717) is 29.2 Å². The van der Waals surface area contributed by atoms with Gasteiger partial charge in [0.1, 0.15) is 17.0 Å². The minimum Gasteiger partial charge on any atom is -0.361 e. The number of hydrogen-bond acceptors (Lipinski definition) is 5. The van der Waals surface area contributed by atoms with Gasteiger partial charge in [0.2, 0.25) is 0 Å². The number of benzene rings is 1. The minimum absolute atomic E-state index is 0.224. The second-order valence-corrected chi connectivity index (χ2v) is 5.14. The molecule has 0 radical (unpaired) electrons. The van der Waals surface area contributed by atoms with Gasteiger partial charge in [-0.2, -0.15) is 0 Å². The van der Waals surface area contributed by atoms with E-state index in [-0.39, 0.29) is 12.5 Å². The number of hydrogen-bond donors (Lipinski definition) is 1. The highest BCUT2D eigenvalue weighted by molar-refractivity contribution is 5.96. The van der Waals surface area contributed by atoms with Gasteiger partial charge < -0.3 is 14.4 Å². The topological polar surface area (TPSA) is 81.2 Å². The highest BCUT2D eigenvalue weighted by Crippen LogP contribution is 2.19. The number of nitrogens with one attached hydrogen (secondary N) is 1. The van der Waals surface area contributed by atoms with E-state index >= 15 is 0 Å². The third-order valence-electron chi connectivity index (χ3n) is 3.55. The predicted molar refractivity (Wildman–Crippen MR) is 83.7 cm³/mol. The summed E-state index contributed by atoms with van der Waals surface area (Å²) in [7, 11) is 0. The Hall–Kier alpha value is -2.89. The van der Waals surface area contributed by atoms with Crippen molar-refractivity contribution in [3.05, 3.63) is 59.2 Å². The number of rotatable bonds is 5. The standard InChI is InChI=1S/C17H17N3O3/c1-3-14-16(11(2)22-19-14)17(21)18-10-13-9-15(20-23-13)12-7-5-4-6-8-12/h4-9H,3,10H2,1-2H3,(H,18,21). The summed E-state index contributed by atoms with van der Waals surface area (Å²) in [5, 5.41) is 10.7. The van der Waals surface area contributed by atoms with Gasteiger partial charge in [0.15, 0.2) is 5.76 Å². The van der Waals surface area contributed by atoms with E-state index in [0.717, 1.165) is 11.3 Å².